The van der Waals surface area contributed by atoms with Gasteiger partial charge in [-0.05, 0) is 34.5 Å². The predicted octanol–water partition coefficient (Wildman–Crippen LogP) is 1.16. The van der Waals surface area contributed by atoms with E-state index in [1.54, 1.807) is 12.1 Å². The van der Waals surface area contributed by atoms with Gasteiger partial charge in [-0.1, -0.05) is 12.1 Å². The van der Waals surface area contributed by atoms with E-state index in [0.29, 0.717) is 6.42 Å². The van der Waals surface area contributed by atoms with Gasteiger partial charge in [0.25, 0.3) is 0 Å². The summed E-state index contributed by atoms with van der Waals surface area (Å²) in [5.74, 6) is 1.50. The van der Waals surface area contributed by atoms with Crippen LogP contribution in [0.25, 0.3) is 0 Å². The Balaban J connectivity index is 1.37. The lowest BCUT2D eigenvalue weighted by Gasteiger charge is -2.16. The minimum atomic E-state index is -0.240. The van der Waals surface area contributed by atoms with Crippen molar-refractivity contribution in [3.63, 3.8) is 0 Å². The molecule has 4 rings (SSSR count). The highest BCUT2D eigenvalue weighted by molar-refractivity contribution is 5.42. The molecule has 0 unspecified atom stereocenters. The zero-order valence-corrected chi connectivity index (χ0v) is 13.7. The SMILES string of the molecule is Fc1ccc(Cc2nnnn2CCCn2cnc3c2CNCN3)cc1. The van der Waals surface area contributed by atoms with Crippen LogP contribution in [0, 0.1) is 5.82 Å². The summed E-state index contributed by atoms with van der Waals surface area (Å²) in [4.78, 5) is 4.39. The summed E-state index contributed by atoms with van der Waals surface area (Å²) in [6.45, 7) is 3.14. The van der Waals surface area contributed by atoms with Crippen molar-refractivity contribution in [3.8, 4) is 0 Å². The molecule has 0 bridgehead atoms. The van der Waals surface area contributed by atoms with Gasteiger partial charge < -0.3 is 9.88 Å². The van der Waals surface area contributed by atoms with Gasteiger partial charge in [-0.3, -0.25) is 5.32 Å². The third-order valence-corrected chi connectivity index (χ3v) is 4.27. The van der Waals surface area contributed by atoms with Crippen LogP contribution in [0.5, 0.6) is 0 Å². The lowest BCUT2D eigenvalue weighted by molar-refractivity contribution is 0.492. The van der Waals surface area contributed by atoms with Crippen LogP contribution in [0.15, 0.2) is 30.6 Å². The molecular formula is C16H19FN8. The first-order valence-electron chi connectivity index (χ1n) is 8.27. The van der Waals surface area contributed by atoms with Crippen LogP contribution in [-0.4, -0.2) is 36.4 Å². The molecule has 0 radical (unpaired) electrons. The maximum absolute atomic E-state index is 13.0. The number of hydrogen-bond donors (Lipinski definition) is 2. The van der Waals surface area contributed by atoms with Gasteiger partial charge in [-0.25, -0.2) is 14.1 Å². The van der Waals surface area contributed by atoms with Crippen LogP contribution in [0.2, 0.25) is 0 Å². The maximum Gasteiger partial charge on any atom is 0.155 e. The molecule has 0 amide bonds. The van der Waals surface area contributed by atoms with Gasteiger partial charge in [-0.15, -0.1) is 5.10 Å². The zero-order valence-electron chi connectivity index (χ0n) is 13.7. The van der Waals surface area contributed by atoms with E-state index < -0.39 is 0 Å². The number of hydrogen-bond acceptors (Lipinski definition) is 6. The topological polar surface area (TPSA) is 85.5 Å². The van der Waals surface area contributed by atoms with E-state index in [0.717, 1.165) is 49.9 Å². The molecule has 0 saturated heterocycles. The molecule has 0 saturated carbocycles. The van der Waals surface area contributed by atoms with Crippen LogP contribution in [0.1, 0.15) is 23.5 Å². The molecule has 1 aromatic carbocycles. The number of aryl methyl sites for hydroxylation is 2. The smallest absolute Gasteiger partial charge is 0.155 e. The van der Waals surface area contributed by atoms with E-state index in [9.17, 15) is 4.39 Å². The zero-order chi connectivity index (χ0) is 17.1. The predicted molar refractivity (Wildman–Crippen MR) is 89.2 cm³/mol. The molecule has 9 heteroatoms. The third kappa shape index (κ3) is 3.50. The second-order valence-electron chi connectivity index (χ2n) is 5.99. The van der Waals surface area contributed by atoms with Gasteiger partial charge >= 0.3 is 0 Å². The van der Waals surface area contributed by atoms with Gasteiger partial charge in [0.05, 0.1) is 18.7 Å². The van der Waals surface area contributed by atoms with E-state index in [1.807, 2.05) is 11.0 Å². The van der Waals surface area contributed by atoms with Gasteiger partial charge in [0.1, 0.15) is 11.6 Å². The molecule has 0 atom stereocenters. The Labute approximate surface area is 144 Å². The number of aromatic nitrogens is 6. The largest absolute Gasteiger partial charge is 0.356 e. The maximum atomic E-state index is 13.0. The molecule has 0 fully saturated rings. The van der Waals surface area contributed by atoms with Crippen LogP contribution in [-0.2, 0) is 26.1 Å². The Morgan fingerprint density at radius 1 is 1.16 bits per heavy atom. The molecule has 8 nitrogen and oxygen atoms in total. The number of tetrazole rings is 1. The number of anilines is 1. The van der Waals surface area contributed by atoms with E-state index in [4.69, 9.17) is 0 Å². The summed E-state index contributed by atoms with van der Waals surface area (Å²) < 4.78 is 17.0. The van der Waals surface area contributed by atoms with Crippen LogP contribution in [0.4, 0.5) is 10.2 Å². The van der Waals surface area contributed by atoms with Crippen LogP contribution < -0.4 is 10.6 Å². The average molecular weight is 342 g/mol. The summed E-state index contributed by atoms with van der Waals surface area (Å²) in [7, 11) is 0. The van der Waals surface area contributed by atoms with Crippen molar-refractivity contribution >= 4 is 5.82 Å². The first-order valence-corrected chi connectivity index (χ1v) is 8.27. The van der Waals surface area contributed by atoms with Crippen molar-refractivity contribution in [2.45, 2.75) is 32.5 Å². The highest BCUT2D eigenvalue weighted by Gasteiger charge is 2.14. The number of rotatable bonds is 6. The van der Waals surface area contributed by atoms with Crippen molar-refractivity contribution in [1.82, 2.24) is 35.1 Å². The molecule has 130 valence electrons. The van der Waals surface area contributed by atoms with E-state index >= 15 is 0 Å². The Kier molecular flexibility index (Phi) is 4.38. The van der Waals surface area contributed by atoms with E-state index in [-0.39, 0.29) is 5.82 Å². The second-order valence-corrected chi connectivity index (χ2v) is 5.99. The Morgan fingerprint density at radius 2 is 2.04 bits per heavy atom. The quantitative estimate of drug-likeness (QED) is 0.699. The highest BCUT2D eigenvalue weighted by Crippen LogP contribution is 2.16. The van der Waals surface area contributed by atoms with Crippen molar-refractivity contribution < 1.29 is 4.39 Å². The van der Waals surface area contributed by atoms with Gasteiger partial charge in [0, 0.05) is 26.1 Å². The molecule has 2 aromatic heterocycles. The molecule has 0 aliphatic carbocycles. The summed E-state index contributed by atoms with van der Waals surface area (Å²) >= 11 is 0. The van der Waals surface area contributed by atoms with Gasteiger partial charge in [-0.2, -0.15) is 0 Å². The summed E-state index contributed by atoms with van der Waals surface area (Å²) in [5.41, 5.74) is 2.16. The first kappa shape index (κ1) is 15.7. The number of nitrogens with one attached hydrogen (secondary N) is 2. The van der Waals surface area contributed by atoms with Crippen LogP contribution in [0.3, 0.4) is 0 Å². The highest BCUT2D eigenvalue weighted by atomic mass is 19.1. The first-order chi connectivity index (χ1) is 12.3. The molecule has 2 N–H and O–H groups in total. The summed E-state index contributed by atoms with van der Waals surface area (Å²) in [6, 6.07) is 6.42. The number of fused-ring (bicyclic) bond motifs is 1. The second kappa shape index (κ2) is 6.98. The molecule has 0 spiro atoms. The lowest BCUT2D eigenvalue weighted by atomic mass is 10.1. The monoisotopic (exact) mass is 342 g/mol. The number of nitrogens with zero attached hydrogens (tertiary/aromatic N) is 6. The minimum absolute atomic E-state index is 0.240. The van der Waals surface area contributed by atoms with Gasteiger partial charge in [0.2, 0.25) is 0 Å². The fourth-order valence-corrected chi connectivity index (χ4v) is 2.96. The standard InChI is InChI=1S/C16H19FN8/c17-13-4-2-12(3-5-13)8-15-21-22-23-25(15)7-1-6-24-11-20-16-14(24)9-18-10-19-16/h2-5,11,18-19H,1,6-10H2. The molecule has 1 aliphatic rings. The third-order valence-electron chi connectivity index (χ3n) is 4.27. The Bertz CT molecular complexity index is 838. The number of imidazole rings is 1. The summed E-state index contributed by atoms with van der Waals surface area (Å²) in [5, 5.41) is 18.4. The average Bonchev–Trinajstić information content (AvgIpc) is 3.24. The molecule has 25 heavy (non-hydrogen) atoms. The minimum Gasteiger partial charge on any atom is -0.356 e. The van der Waals surface area contributed by atoms with Crippen molar-refractivity contribution in [2.24, 2.45) is 0 Å². The normalized spacial score (nSPS) is 13.5. The van der Waals surface area contributed by atoms with E-state index in [2.05, 4.69) is 35.7 Å². The van der Waals surface area contributed by atoms with Crippen molar-refractivity contribution in [2.75, 3.05) is 12.0 Å². The number of halogens is 1. The van der Waals surface area contributed by atoms with Crippen molar-refractivity contribution in [3.05, 3.63) is 53.5 Å². The molecular weight excluding hydrogens is 323 g/mol. The van der Waals surface area contributed by atoms with Crippen LogP contribution >= 0.6 is 0 Å². The molecule has 1 aliphatic heterocycles. The fraction of sp³-hybridized carbons (Fsp3) is 0.375. The fourth-order valence-electron chi connectivity index (χ4n) is 2.96. The number of benzene rings is 1. The van der Waals surface area contributed by atoms with Gasteiger partial charge in [0.15, 0.2) is 5.82 Å². The molecule has 3 aromatic rings. The molecule has 3 heterocycles. The summed E-state index contributed by atoms with van der Waals surface area (Å²) in [6.07, 6.45) is 3.34. The Morgan fingerprint density at radius 3 is 2.92 bits per heavy atom. The Hall–Kier alpha value is -2.81. The lowest BCUT2D eigenvalue weighted by Crippen LogP contribution is -2.28. The van der Waals surface area contributed by atoms with Crippen molar-refractivity contribution in [1.29, 1.82) is 0 Å². The van der Waals surface area contributed by atoms with E-state index in [1.165, 1.54) is 17.8 Å².